The van der Waals surface area contributed by atoms with Crippen LogP contribution < -0.4 is 0 Å². The first kappa shape index (κ1) is 20.0. The number of hydrogen-bond donors (Lipinski definition) is 1. The Morgan fingerprint density at radius 1 is 1.12 bits per heavy atom. The Labute approximate surface area is 173 Å². The summed E-state index contributed by atoms with van der Waals surface area (Å²) in [5, 5.41) is 2.59. The van der Waals surface area contributed by atoms with Crippen molar-refractivity contribution in [1.29, 1.82) is 0 Å². The number of nitrogens with one attached hydrogen (secondary N) is 1. The summed E-state index contributed by atoms with van der Waals surface area (Å²) in [5.41, 5.74) is 4.86. The van der Waals surface area contributed by atoms with E-state index in [9.17, 15) is 0 Å². The van der Waals surface area contributed by atoms with Crippen molar-refractivity contribution >= 4 is 57.9 Å². The molecule has 0 aliphatic heterocycles. The first-order valence-corrected chi connectivity index (χ1v) is 11.6. The van der Waals surface area contributed by atoms with E-state index in [0.717, 1.165) is 17.7 Å². The average molecular weight is 426 g/mol. The summed E-state index contributed by atoms with van der Waals surface area (Å²) < 4.78 is 5.56. The molecule has 0 radical (unpaired) electrons. The van der Waals surface area contributed by atoms with E-state index in [2.05, 4.69) is 35.6 Å². The Morgan fingerprint density at radius 3 is 2.69 bits per heavy atom. The Hall–Kier alpha value is -0.780. The lowest BCUT2D eigenvalue weighted by Gasteiger charge is -2.19. The van der Waals surface area contributed by atoms with Crippen molar-refractivity contribution in [2.75, 3.05) is 19.1 Å². The molecule has 0 spiro atoms. The Balaban J connectivity index is 2.07. The van der Waals surface area contributed by atoms with Crippen LogP contribution in [0.4, 0.5) is 0 Å². The number of benzene rings is 2. The third kappa shape index (κ3) is 4.37. The van der Waals surface area contributed by atoms with E-state index in [1.54, 1.807) is 0 Å². The van der Waals surface area contributed by atoms with Gasteiger partial charge >= 0.3 is 0 Å². The number of para-hydroxylation sites is 1. The second-order valence-corrected chi connectivity index (χ2v) is 8.29. The fourth-order valence-corrected chi connectivity index (χ4v) is 4.67. The quantitative estimate of drug-likeness (QED) is 0.306. The highest BCUT2D eigenvalue weighted by molar-refractivity contribution is 7.97. The van der Waals surface area contributed by atoms with Crippen LogP contribution in [0, 0.1) is 0 Å². The highest BCUT2D eigenvalue weighted by Gasteiger charge is 2.21. The van der Waals surface area contributed by atoms with Crippen molar-refractivity contribution in [2.24, 2.45) is 0 Å². The van der Waals surface area contributed by atoms with E-state index < -0.39 is 0 Å². The van der Waals surface area contributed by atoms with Crippen LogP contribution >= 0.6 is 47.0 Å². The first-order valence-electron chi connectivity index (χ1n) is 8.34. The molecule has 138 valence electrons. The third-order valence-electron chi connectivity index (χ3n) is 4.45. The summed E-state index contributed by atoms with van der Waals surface area (Å²) in [6.07, 6.45) is 7.02. The summed E-state index contributed by atoms with van der Waals surface area (Å²) in [6, 6.07) is 12.2. The van der Waals surface area contributed by atoms with Crippen molar-refractivity contribution in [3.05, 3.63) is 69.3 Å². The Bertz CT molecular complexity index is 881. The molecule has 6 heteroatoms. The van der Waals surface area contributed by atoms with E-state index in [1.807, 2.05) is 36.2 Å². The number of hydrogen-bond acceptors (Lipinski definition) is 3. The number of rotatable bonds is 8. The highest BCUT2D eigenvalue weighted by Crippen LogP contribution is 2.38. The van der Waals surface area contributed by atoms with Gasteiger partial charge in [-0.25, -0.2) is 0 Å². The van der Waals surface area contributed by atoms with Gasteiger partial charge in [-0.1, -0.05) is 47.5 Å². The van der Waals surface area contributed by atoms with Gasteiger partial charge < -0.3 is 9.17 Å². The maximum absolute atomic E-state index is 6.54. The lowest BCUT2D eigenvalue weighted by Crippen LogP contribution is -2.05. The molecule has 3 rings (SSSR count). The minimum Gasteiger partial charge on any atom is -0.361 e. The molecule has 0 fully saturated rings. The first-order chi connectivity index (χ1) is 12.7. The predicted octanol–water partition coefficient (Wildman–Crippen LogP) is 7.15. The number of aromatic amines is 1. The van der Waals surface area contributed by atoms with Gasteiger partial charge in [-0.2, -0.15) is 11.8 Å². The number of halogens is 2. The van der Waals surface area contributed by atoms with Crippen molar-refractivity contribution in [1.82, 2.24) is 4.98 Å². The van der Waals surface area contributed by atoms with E-state index in [0.29, 0.717) is 16.7 Å². The van der Waals surface area contributed by atoms with Gasteiger partial charge in [-0.05, 0) is 53.5 Å². The van der Waals surface area contributed by atoms with Crippen LogP contribution in [-0.4, -0.2) is 24.1 Å². The zero-order valence-electron chi connectivity index (χ0n) is 14.7. The molecular formula is C20H21Cl2NOS2. The van der Waals surface area contributed by atoms with Crippen LogP contribution in [0.2, 0.25) is 10.0 Å². The zero-order chi connectivity index (χ0) is 18.5. The molecule has 2 aromatic carbocycles. The fourth-order valence-electron chi connectivity index (χ4n) is 3.31. The van der Waals surface area contributed by atoms with Crippen molar-refractivity contribution in [3.8, 4) is 0 Å². The molecule has 0 saturated heterocycles. The molecule has 1 aromatic heterocycles. The molecule has 2 nitrogen and oxygen atoms in total. The second-order valence-electron chi connectivity index (χ2n) is 6.01. The molecular weight excluding hydrogens is 405 g/mol. The largest absolute Gasteiger partial charge is 0.361 e. The summed E-state index contributed by atoms with van der Waals surface area (Å²) in [7, 11) is 0. The minimum atomic E-state index is 0.144. The van der Waals surface area contributed by atoms with Gasteiger partial charge in [0, 0.05) is 45.1 Å². The van der Waals surface area contributed by atoms with E-state index in [-0.39, 0.29) is 5.92 Å². The number of thioether (sulfide) groups is 1. The zero-order valence-corrected chi connectivity index (χ0v) is 17.9. The maximum atomic E-state index is 6.54. The van der Waals surface area contributed by atoms with Crippen molar-refractivity contribution in [2.45, 2.75) is 18.1 Å². The number of fused-ring (bicyclic) bond motifs is 1. The minimum absolute atomic E-state index is 0.144. The smallest absolute Gasteiger partial charge is 0.0622 e. The molecule has 1 N–H and O–H groups in total. The standard InChI is InChI=1S/C20H21Cl2NOS2/c1-25-12-13-4-3-5-17-18(11-23-20(13)17)15(8-9-24-26-2)16-7-6-14(21)10-19(16)22/h3-7,10-11,15,23H,8-9,12H2,1-2H3. The average Bonchev–Trinajstić information content (AvgIpc) is 3.05. The van der Waals surface area contributed by atoms with Gasteiger partial charge in [0.25, 0.3) is 0 Å². The summed E-state index contributed by atoms with van der Waals surface area (Å²) in [4.78, 5) is 3.48. The Morgan fingerprint density at radius 2 is 1.96 bits per heavy atom. The van der Waals surface area contributed by atoms with Crippen LogP contribution in [0.3, 0.4) is 0 Å². The predicted molar refractivity (Wildman–Crippen MR) is 118 cm³/mol. The van der Waals surface area contributed by atoms with Crippen molar-refractivity contribution in [3.63, 3.8) is 0 Å². The van der Waals surface area contributed by atoms with Crippen LogP contribution in [0.5, 0.6) is 0 Å². The molecule has 0 bridgehead atoms. The monoisotopic (exact) mass is 425 g/mol. The Kier molecular flexibility index (Phi) is 7.24. The summed E-state index contributed by atoms with van der Waals surface area (Å²) in [5.74, 6) is 1.13. The molecule has 0 aliphatic rings. The normalized spacial score (nSPS) is 12.6. The molecule has 0 aliphatic carbocycles. The fraction of sp³-hybridized carbons (Fsp3) is 0.300. The SMILES string of the molecule is CSCc1cccc2c(C(CCOSC)c3ccc(Cl)cc3Cl)c[nH]c12. The van der Waals surface area contributed by atoms with Gasteiger partial charge in [-0.3, -0.25) is 0 Å². The van der Waals surface area contributed by atoms with Crippen LogP contribution in [-0.2, 0) is 9.94 Å². The molecule has 1 unspecified atom stereocenters. The number of aromatic nitrogens is 1. The molecule has 26 heavy (non-hydrogen) atoms. The van der Waals surface area contributed by atoms with Gasteiger partial charge in [0.2, 0.25) is 0 Å². The lowest BCUT2D eigenvalue weighted by molar-refractivity contribution is 0.357. The van der Waals surface area contributed by atoms with Crippen LogP contribution in [0.15, 0.2) is 42.6 Å². The van der Waals surface area contributed by atoms with E-state index >= 15 is 0 Å². The van der Waals surface area contributed by atoms with Gasteiger partial charge in [0.1, 0.15) is 0 Å². The molecule has 0 amide bonds. The van der Waals surface area contributed by atoms with Gasteiger partial charge in [-0.15, -0.1) is 0 Å². The van der Waals surface area contributed by atoms with Gasteiger partial charge in [0.15, 0.2) is 0 Å². The third-order valence-corrected chi connectivity index (χ3v) is 6.02. The second kappa shape index (κ2) is 9.43. The molecule has 1 heterocycles. The molecule has 1 atom stereocenters. The van der Waals surface area contributed by atoms with Gasteiger partial charge in [0.05, 0.1) is 6.61 Å². The van der Waals surface area contributed by atoms with E-state index in [1.165, 1.54) is 34.1 Å². The van der Waals surface area contributed by atoms with E-state index in [4.69, 9.17) is 27.4 Å². The molecule has 0 saturated carbocycles. The van der Waals surface area contributed by atoms with Crippen LogP contribution in [0.1, 0.15) is 29.0 Å². The highest BCUT2D eigenvalue weighted by atomic mass is 35.5. The lowest BCUT2D eigenvalue weighted by atomic mass is 9.88. The summed E-state index contributed by atoms with van der Waals surface area (Å²) >= 11 is 15.9. The topological polar surface area (TPSA) is 25.0 Å². The summed E-state index contributed by atoms with van der Waals surface area (Å²) in [6.45, 7) is 0.655. The maximum Gasteiger partial charge on any atom is 0.0622 e. The van der Waals surface area contributed by atoms with Crippen molar-refractivity contribution < 1.29 is 4.18 Å². The number of H-pyrrole nitrogens is 1. The van der Waals surface area contributed by atoms with Crippen LogP contribution in [0.25, 0.3) is 10.9 Å². The molecule has 3 aromatic rings.